The lowest BCUT2D eigenvalue weighted by Crippen LogP contribution is -2.38. The molecule has 2 nitrogen and oxygen atoms in total. The summed E-state index contributed by atoms with van der Waals surface area (Å²) in [7, 11) is 0. The van der Waals surface area contributed by atoms with Gasteiger partial charge in [0, 0.05) is 6.04 Å². The lowest BCUT2D eigenvalue weighted by molar-refractivity contribution is 0.520. The Bertz CT molecular complexity index is 485. The van der Waals surface area contributed by atoms with Crippen LogP contribution < -0.4 is 11.3 Å². The molecule has 1 unspecified atom stereocenters. The predicted octanol–water partition coefficient (Wildman–Crippen LogP) is 2.44. The van der Waals surface area contributed by atoms with Gasteiger partial charge in [0.2, 0.25) is 0 Å². The summed E-state index contributed by atoms with van der Waals surface area (Å²) in [6.07, 6.45) is 1.54. The summed E-state index contributed by atoms with van der Waals surface area (Å²) in [5.41, 5.74) is 4.97. The van der Waals surface area contributed by atoms with Crippen molar-refractivity contribution < 1.29 is 4.39 Å². The van der Waals surface area contributed by atoms with E-state index in [2.05, 4.69) is 17.6 Å². The highest BCUT2D eigenvalue weighted by Gasteiger charge is 2.09. The molecule has 0 aromatic heterocycles. The van der Waals surface area contributed by atoms with Crippen LogP contribution in [-0.4, -0.2) is 6.04 Å². The molecule has 0 spiro atoms. The minimum absolute atomic E-state index is 0.106. The third-order valence-corrected chi connectivity index (χ3v) is 2.93. The highest BCUT2D eigenvalue weighted by atomic mass is 19.1. The molecule has 0 amide bonds. The fourth-order valence-electron chi connectivity index (χ4n) is 2.04. The summed E-state index contributed by atoms with van der Waals surface area (Å²) in [5, 5.41) is 0. The summed E-state index contributed by atoms with van der Waals surface area (Å²) >= 11 is 0. The van der Waals surface area contributed by atoms with E-state index in [1.165, 1.54) is 11.6 Å². The van der Waals surface area contributed by atoms with Crippen molar-refractivity contribution in [2.45, 2.75) is 18.9 Å². The average Bonchev–Trinajstić information content (AvgIpc) is 2.39. The molecule has 18 heavy (non-hydrogen) atoms. The molecule has 3 N–H and O–H groups in total. The van der Waals surface area contributed by atoms with Crippen LogP contribution in [0.3, 0.4) is 0 Å². The van der Waals surface area contributed by atoms with Crippen LogP contribution in [0.15, 0.2) is 54.6 Å². The van der Waals surface area contributed by atoms with E-state index in [0.29, 0.717) is 6.42 Å². The largest absolute Gasteiger partial charge is 0.271 e. The third kappa shape index (κ3) is 3.65. The number of benzene rings is 2. The van der Waals surface area contributed by atoms with Crippen molar-refractivity contribution in [1.82, 2.24) is 5.43 Å². The van der Waals surface area contributed by atoms with Gasteiger partial charge >= 0.3 is 0 Å². The fourth-order valence-corrected chi connectivity index (χ4v) is 2.04. The molecule has 2 aromatic carbocycles. The second kappa shape index (κ2) is 6.28. The van der Waals surface area contributed by atoms with Crippen LogP contribution in [0.1, 0.15) is 11.1 Å². The van der Waals surface area contributed by atoms with E-state index in [0.717, 1.165) is 12.0 Å². The van der Waals surface area contributed by atoms with E-state index in [1.54, 1.807) is 12.1 Å². The van der Waals surface area contributed by atoms with Crippen LogP contribution in [0, 0.1) is 5.82 Å². The van der Waals surface area contributed by atoms with Gasteiger partial charge in [-0.25, -0.2) is 4.39 Å². The van der Waals surface area contributed by atoms with Crippen molar-refractivity contribution >= 4 is 0 Å². The highest BCUT2D eigenvalue weighted by molar-refractivity contribution is 5.20. The van der Waals surface area contributed by atoms with E-state index < -0.39 is 0 Å². The van der Waals surface area contributed by atoms with E-state index in [9.17, 15) is 4.39 Å². The Labute approximate surface area is 107 Å². The van der Waals surface area contributed by atoms with Crippen molar-refractivity contribution in [3.8, 4) is 0 Å². The van der Waals surface area contributed by atoms with Gasteiger partial charge in [0.1, 0.15) is 5.82 Å². The molecule has 0 aliphatic rings. The molecule has 2 aromatic rings. The van der Waals surface area contributed by atoms with Gasteiger partial charge in [0.05, 0.1) is 0 Å². The van der Waals surface area contributed by atoms with Gasteiger partial charge < -0.3 is 0 Å². The maximum Gasteiger partial charge on any atom is 0.123 e. The maximum absolute atomic E-state index is 13.1. The summed E-state index contributed by atoms with van der Waals surface area (Å²) in [4.78, 5) is 0. The van der Waals surface area contributed by atoms with Gasteiger partial charge in [-0.2, -0.15) is 0 Å². The predicted molar refractivity (Wildman–Crippen MR) is 71.4 cm³/mol. The molecule has 0 aliphatic carbocycles. The first-order chi connectivity index (χ1) is 8.78. The molecule has 0 aliphatic heterocycles. The van der Waals surface area contributed by atoms with Gasteiger partial charge in [-0.3, -0.25) is 11.3 Å². The van der Waals surface area contributed by atoms with Gasteiger partial charge in [0.15, 0.2) is 0 Å². The lowest BCUT2D eigenvalue weighted by atomic mass is 9.99. The first kappa shape index (κ1) is 12.7. The molecule has 94 valence electrons. The molecular weight excluding hydrogens is 227 g/mol. The van der Waals surface area contributed by atoms with E-state index in [4.69, 9.17) is 5.84 Å². The van der Waals surface area contributed by atoms with Gasteiger partial charge in [-0.15, -0.1) is 0 Å². The topological polar surface area (TPSA) is 38.0 Å². The van der Waals surface area contributed by atoms with Crippen molar-refractivity contribution in [2.24, 2.45) is 5.84 Å². The molecule has 0 bridgehead atoms. The molecular formula is C15H17FN2. The number of hydrazine groups is 1. The third-order valence-electron chi connectivity index (χ3n) is 2.93. The van der Waals surface area contributed by atoms with Crippen molar-refractivity contribution in [3.05, 3.63) is 71.5 Å². The number of hydrogen-bond acceptors (Lipinski definition) is 2. The second-order valence-electron chi connectivity index (χ2n) is 4.39. The quantitative estimate of drug-likeness (QED) is 0.626. The fraction of sp³-hybridized carbons (Fsp3) is 0.200. The number of rotatable bonds is 5. The summed E-state index contributed by atoms with van der Waals surface area (Å²) in [5.74, 6) is 5.36. The van der Waals surface area contributed by atoms with E-state index in [1.807, 2.05) is 24.3 Å². The first-order valence-corrected chi connectivity index (χ1v) is 6.02. The number of nitrogens with two attached hydrogens (primary N) is 1. The number of hydrogen-bond donors (Lipinski definition) is 2. The van der Waals surface area contributed by atoms with Gasteiger partial charge in [0.25, 0.3) is 0 Å². The van der Waals surface area contributed by atoms with E-state index in [-0.39, 0.29) is 11.9 Å². The summed E-state index contributed by atoms with van der Waals surface area (Å²) in [6.45, 7) is 0. The summed E-state index contributed by atoms with van der Waals surface area (Å²) in [6, 6.07) is 16.9. The molecule has 3 heteroatoms. The van der Waals surface area contributed by atoms with Crippen LogP contribution in [0.5, 0.6) is 0 Å². The normalized spacial score (nSPS) is 12.3. The van der Waals surface area contributed by atoms with Crippen molar-refractivity contribution in [1.29, 1.82) is 0 Å². The first-order valence-electron chi connectivity index (χ1n) is 6.02. The Morgan fingerprint density at radius 3 is 2.28 bits per heavy atom. The van der Waals surface area contributed by atoms with Gasteiger partial charge in [-0.05, 0) is 36.1 Å². The monoisotopic (exact) mass is 244 g/mol. The molecule has 0 saturated heterocycles. The zero-order valence-electron chi connectivity index (χ0n) is 10.1. The lowest BCUT2D eigenvalue weighted by Gasteiger charge is -2.16. The molecule has 0 fully saturated rings. The van der Waals surface area contributed by atoms with Crippen LogP contribution >= 0.6 is 0 Å². The SMILES string of the molecule is NNC(Cc1ccccc1)Cc1cccc(F)c1. The minimum atomic E-state index is -0.206. The minimum Gasteiger partial charge on any atom is -0.271 e. The van der Waals surface area contributed by atoms with Crippen LogP contribution in [0.4, 0.5) is 4.39 Å². The Morgan fingerprint density at radius 1 is 0.944 bits per heavy atom. The molecule has 2 rings (SSSR count). The molecule has 0 saturated carbocycles. The number of halogens is 1. The molecule has 0 heterocycles. The molecule has 0 radical (unpaired) electrons. The number of nitrogens with one attached hydrogen (secondary N) is 1. The van der Waals surface area contributed by atoms with Crippen LogP contribution in [-0.2, 0) is 12.8 Å². The highest BCUT2D eigenvalue weighted by Crippen LogP contribution is 2.10. The molecule has 1 atom stereocenters. The van der Waals surface area contributed by atoms with Crippen molar-refractivity contribution in [3.63, 3.8) is 0 Å². The average molecular weight is 244 g/mol. The van der Waals surface area contributed by atoms with Gasteiger partial charge in [-0.1, -0.05) is 42.5 Å². The Morgan fingerprint density at radius 2 is 1.61 bits per heavy atom. The van der Waals surface area contributed by atoms with Crippen molar-refractivity contribution in [2.75, 3.05) is 0 Å². The zero-order valence-corrected chi connectivity index (χ0v) is 10.1. The standard InChI is InChI=1S/C15H17FN2/c16-14-8-4-7-13(9-14)11-15(18-17)10-12-5-2-1-3-6-12/h1-9,15,18H,10-11,17H2. The Kier molecular flexibility index (Phi) is 4.45. The smallest absolute Gasteiger partial charge is 0.123 e. The maximum atomic E-state index is 13.1. The summed E-state index contributed by atoms with van der Waals surface area (Å²) < 4.78 is 13.1. The zero-order chi connectivity index (χ0) is 12.8. The van der Waals surface area contributed by atoms with Crippen LogP contribution in [0.25, 0.3) is 0 Å². The van der Waals surface area contributed by atoms with Crippen LogP contribution in [0.2, 0.25) is 0 Å². The van der Waals surface area contributed by atoms with E-state index >= 15 is 0 Å². The second-order valence-corrected chi connectivity index (χ2v) is 4.39. The Balaban J connectivity index is 2.01. The Hall–Kier alpha value is -1.71.